The molecule has 0 aliphatic heterocycles. The third-order valence-corrected chi connectivity index (χ3v) is 5.06. The lowest BCUT2D eigenvalue weighted by atomic mass is 9.78. The lowest BCUT2D eigenvalue weighted by molar-refractivity contribution is 0.562. The van der Waals surface area contributed by atoms with Crippen LogP contribution in [0.5, 0.6) is 0 Å². The highest BCUT2D eigenvalue weighted by molar-refractivity contribution is 5.99. The molecule has 2 aromatic carbocycles. The molecule has 0 saturated heterocycles. The van der Waals surface area contributed by atoms with Gasteiger partial charge in [-0.1, -0.05) is 77.5 Å². The maximum atomic E-state index is 8.35. The maximum absolute atomic E-state index is 8.35. The molecule has 0 radical (unpaired) electrons. The summed E-state index contributed by atoms with van der Waals surface area (Å²) in [4.78, 5) is 16.7. The molecule has 0 amide bonds. The number of hydrogen-bond donors (Lipinski definition) is 2. The van der Waals surface area contributed by atoms with E-state index in [1.807, 2.05) is 0 Å². The van der Waals surface area contributed by atoms with E-state index in [2.05, 4.69) is 71.9 Å². The van der Waals surface area contributed by atoms with E-state index >= 15 is 0 Å². The Balaban J connectivity index is 0.000000582. The summed E-state index contributed by atoms with van der Waals surface area (Å²) in [6, 6.07) is 9.35. The number of benzene rings is 2. The molecular weight excluding hydrogens is 348 g/mol. The van der Waals surface area contributed by atoms with Gasteiger partial charge in [0.2, 0.25) is 12.2 Å². The fourth-order valence-electron chi connectivity index (χ4n) is 3.71. The van der Waals surface area contributed by atoms with Crippen LogP contribution in [0.25, 0.3) is 16.8 Å². The minimum atomic E-state index is 0.563. The molecule has 0 unspecified atom stereocenters. The lowest BCUT2D eigenvalue weighted by Crippen LogP contribution is -2.08. The van der Waals surface area contributed by atoms with E-state index in [1.165, 1.54) is 33.0 Å². The van der Waals surface area contributed by atoms with Gasteiger partial charge < -0.3 is 0 Å². The molecule has 0 saturated carbocycles. The van der Waals surface area contributed by atoms with Crippen LogP contribution in [0.15, 0.2) is 29.8 Å². The van der Waals surface area contributed by atoms with E-state index in [0.29, 0.717) is 17.8 Å². The van der Waals surface area contributed by atoms with Crippen molar-refractivity contribution in [3.63, 3.8) is 0 Å². The number of carbonyl (C=O) groups excluding carboxylic acids is 2. The first-order valence-corrected chi connectivity index (χ1v) is 9.59. The van der Waals surface area contributed by atoms with Crippen molar-refractivity contribution in [1.29, 1.82) is 10.8 Å². The molecular formula is C24H30N2O2. The minimum absolute atomic E-state index is 0.563. The highest BCUT2D eigenvalue weighted by Crippen LogP contribution is 2.41. The molecule has 0 fully saturated rings. The van der Waals surface area contributed by atoms with Crippen molar-refractivity contribution in [1.82, 2.24) is 0 Å². The van der Waals surface area contributed by atoms with Gasteiger partial charge in [0.15, 0.2) is 0 Å². The van der Waals surface area contributed by atoms with Crippen LogP contribution in [0.3, 0.4) is 0 Å². The summed E-state index contributed by atoms with van der Waals surface area (Å²) in [6.07, 6.45) is 5.10. The van der Waals surface area contributed by atoms with Crippen molar-refractivity contribution >= 4 is 29.0 Å². The number of rotatable bonds is 3. The third-order valence-electron chi connectivity index (χ3n) is 5.06. The van der Waals surface area contributed by atoms with Gasteiger partial charge in [-0.2, -0.15) is 0 Å². The summed E-state index contributed by atoms with van der Waals surface area (Å²) in [5.74, 6) is 1.75. The van der Waals surface area contributed by atoms with E-state index in [0.717, 1.165) is 18.6 Å². The standard InChI is InChI=1S/C22H28.2CHNO/c1-13(2)17-10-16-8-7-9-18-19(14(3)4)12-20(15(5)6)21(11-17)22(16)18;2*2-1-3/h7-9,11-15H,10H2,1-6H3;2*2H. The zero-order valence-corrected chi connectivity index (χ0v) is 17.6. The molecule has 4 heteroatoms. The molecule has 2 aromatic rings. The number of allylic oxidation sites excluding steroid dienone is 1. The highest BCUT2D eigenvalue weighted by Gasteiger charge is 2.21. The second kappa shape index (κ2) is 10.5. The molecule has 28 heavy (non-hydrogen) atoms. The number of isocyanates is 2. The van der Waals surface area contributed by atoms with Gasteiger partial charge in [-0.05, 0) is 57.2 Å². The average molecular weight is 379 g/mol. The summed E-state index contributed by atoms with van der Waals surface area (Å²) in [5, 5.41) is 13.8. The van der Waals surface area contributed by atoms with Gasteiger partial charge in [-0.15, -0.1) is 0 Å². The molecule has 0 atom stereocenters. The maximum Gasteiger partial charge on any atom is 0.231 e. The van der Waals surface area contributed by atoms with Gasteiger partial charge in [0.05, 0.1) is 0 Å². The fourth-order valence-corrected chi connectivity index (χ4v) is 3.71. The lowest BCUT2D eigenvalue weighted by Gasteiger charge is -2.26. The second-order valence-corrected chi connectivity index (χ2v) is 7.87. The minimum Gasteiger partial charge on any atom is -0.222 e. The van der Waals surface area contributed by atoms with Crippen LogP contribution in [-0.2, 0) is 16.0 Å². The van der Waals surface area contributed by atoms with Crippen LogP contribution in [0.4, 0.5) is 0 Å². The van der Waals surface area contributed by atoms with Crippen LogP contribution in [-0.4, -0.2) is 12.2 Å². The monoisotopic (exact) mass is 378 g/mol. The van der Waals surface area contributed by atoms with Crippen LogP contribution in [0.1, 0.15) is 75.6 Å². The summed E-state index contributed by atoms with van der Waals surface area (Å²) >= 11 is 0. The van der Waals surface area contributed by atoms with Crippen LogP contribution in [0, 0.1) is 16.7 Å². The van der Waals surface area contributed by atoms with Gasteiger partial charge in [-0.25, -0.2) is 20.4 Å². The van der Waals surface area contributed by atoms with Crippen molar-refractivity contribution in [3.8, 4) is 0 Å². The van der Waals surface area contributed by atoms with Gasteiger partial charge in [0.1, 0.15) is 0 Å². The van der Waals surface area contributed by atoms with Gasteiger partial charge >= 0.3 is 0 Å². The Kier molecular flexibility index (Phi) is 8.73. The molecule has 0 spiro atoms. The Morgan fingerprint density at radius 2 is 1.39 bits per heavy atom. The topological polar surface area (TPSA) is 81.8 Å². The van der Waals surface area contributed by atoms with Gasteiger partial charge in [0.25, 0.3) is 0 Å². The number of hydrogen-bond acceptors (Lipinski definition) is 4. The van der Waals surface area contributed by atoms with E-state index in [-0.39, 0.29) is 0 Å². The quantitative estimate of drug-likeness (QED) is 0.473. The zero-order valence-electron chi connectivity index (χ0n) is 17.6. The summed E-state index contributed by atoms with van der Waals surface area (Å²) in [6.45, 7) is 13.9. The highest BCUT2D eigenvalue weighted by atomic mass is 16.1. The second-order valence-electron chi connectivity index (χ2n) is 7.87. The third kappa shape index (κ3) is 5.13. The van der Waals surface area contributed by atoms with Crippen molar-refractivity contribution in [2.75, 3.05) is 0 Å². The van der Waals surface area contributed by atoms with Gasteiger partial charge in [0, 0.05) is 0 Å². The largest absolute Gasteiger partial charge is 0.231 e. The molecule has 2 N–H and O–H groups in total. The molecule has 1 aliphatic carbocycles. The Morgan fingerprint density at radius 1 is 0.857 bits per heavy atom. The van der Waals surface area contributed by atoms with Gasteiger partial charge in [-0.3, -0.25) is 0 Å². The molecule has 0 bridgehead atoms. The number of nitrogens with one attached hydrogen (secondary N) is 2. The molecule has 1 aliphatic rings. The molecule has 0 heterocycles. The summed E-state index contributed by atoms with van der Waals surface area (Å²) in [5.41, 5.74) is 7.59. The van der Waals surface area contributed by atoms with Crippen molar-refractivity contribution in [2.45, 2.75) is 59.8 Å². The van der Waals surface area contributed by atoms with E-state index < -0.39 is 0 Å². The van der Waals surface area contributed by atoms with E-state index in [4.69, 9.17) is 20.4 Å². The smallest absolute Gasteiger partial charge is 0.222 e. The first-order chi connectivity index (χ1) is 13.2. The molecule has 4 nitrogen and oxygen atoms in total. The Bertz CT molecular complexity index is 913. The summed E-state index contributed by atoms with van der Waals surface area (Å²) in [7, 11) is 0. The van der Waals surface area contributed by atoms with E-state index in [9.17, 15) is 0 Å². The van der Waals surface area contributed by atoms with Crippen molar-refractivity contribution < 1.29 is 9.59 Å². The van der Waals surface area contributed by atoms with Crippen molar-refractivity contribution in [3.05, 3.63) is 52.1 Å². The average Bonchev–Trinajstić information content (AvgIpc) is 2.62. The van der Waals surface area contributed by atoms with Crippen LogP contribution in [0.2, 0.25) is 0 Å². The Labute approximate surface area is 167 Å². The molecule has 148 valence electrons. The Morgan fingerprint density at radius 3 is 1.86 bits per heavy atom. The van der Waals surface area contributed by atoms with E-state index in [1.54, 1.807) is 5.57 Å². The fraction of sp³-hybridized carbons (Fsp3) is 0.417. The Hall–Kier alpha value is -2.80. The summed E-state index contributed by atoms with van der Waals surface area (Å²) < 4.78 is 0. The molecule has 3 rings (SSSR count). The first kappa shape index (κ1) is 23.2. The predicted octanol–water partition coefficient (Wildman–Crippen LogP) is 6.48. The first-order valence-electron chi connectivity index (χ1n) is 9.59. The van der Waals surface area contributed by atoms with Crippen molar-refractivity contribution in [2.24, 2.45) is 5.92 Å². The van der Waals surface area contributed by atoms with Crippen LogP contribution >= 0.6 is 0 Å². The predicted molar refractivity (Wildman–Crippen MR) is 115 cm³/mol. The molecule has 0 aromatic heterocycles. The SMILES string of the molecule is CC(C)C1=Cc2c(C(C)C)cc(C(C)C)c3cccc(c23)C1.N=C=O.N=C=O. The normalized spacial score (nSPS) is 11.8. The van der Waals surface area contributed by atoms with Crippen LogP contribution < -0.4 is 0 Å². The zero-order chi connectivity index (χ0) is 21.4.